The SMILES string of the molecule is CC1(C)OB(c2ccc(OCC(O)CN3CCOCC3)c(C#N)c2)OC1(C)C. The van der Waals surface area contributed by atoms with E-state index in [0.29, 0.717) is 31.1 Å². The number of ether oxygens (including phenoxy) is 2. The van der Waals surface area contributed by atoms with Crippen LogP contribution >= 0.6 is 0 Å². The zero-order valence-corrected chi connectivity index (χ0v) is 17.1. The van der Waals surface area contributed by atoms with Crippen LogP contribution in [0.25, 0.3) is 0 Å². The van der Waals surface area contributed by atoms with Crippen molar-refractivity contribution >= 4 is 12.6 Å². The second-order valence-corrected chi connectivity index (χ2v) is 8.33. The number of aliphatic hydroxyl groups is 1. The Labute approximate surface area is 167 Å². The number of benzene rings is 1. The molecule has 1 aromatic rings. The van der Waals surface area contributed by atoms with Gasteiger partial charge in [-0.1, -0.05) is 6.07 Å². The van der Waals surface area contributed by atoms with Gasteiger partial charge < -0.3 is 23.9 Å². The van der Waals surface area contributed by atoms with E-state index in [1.807, 2.05) is 33.8 Å². The molecule has 1 atom stereocenters. The topological polar surface area (TPSA) is 84.2 Å². The summed E-state index contributed by atoms with van der Waals surface area (Å²) >= 11 is 0. The van der Waals surface area contributed by atoms with Crippen LogP contribution in [-0.2, 0) is 14.0 Å². The van der Waals surface area contributed by atoms with Crippen LogP contribution in [0.5, 0.6) is 5.75 Å². The van der Waals surface area contributed by atoms with E-state index in [4.69, 9.17) is 18.8 Å². The van der Waals surface area contributed by atoms with Gasteiger partial charge >= 0.3 is 7.12 Å². The normalized spacial score (nSPS) is 22.6. The first-order valence-corrected chi connectivity index (χ1v) is 9.72. The lowest BCUT2D eigenvalue weighted by molar-refractivity contribution is 0.00463. The summed E-state index contributed by atoms with van der Waals surface area (Å²) in [5.74, 6) is 0.448. The van der Waals surface area contributed by atoms with Gasteiger partial charge in [0, 0.05) is 19.6 Å². The molecule has 0 spiro atoms. The number of morpholine rings is 1. The fourth-order valence-corrected chi connectivity index (χ4v) is 3.21. The number of nitrogens with zero attached hydrogens (tertiary/aromatic N) is 2. The molecule has 2 aliphatic rings. The third-order valence-corrected chi connectivity index (χ3v) is 5.65. The van der Waals surface area contributed by atoms with Crippen LogP contribution in [0.4, 0.5) is 0 Å². The monoisotopic (exact) mass is 388 g/mol. The van der Waals surface area contributed by atoms with Gasteiger partial charge in [0.05, 0.1) is 30.0 Å². The van der Waals surface area contributed by atoms with Crippen molar-refractivity contribution in [1.82, 2.24) is 4.90 Å². The fourth-order valence-electron chi connectivity index (χ4n) is 3.21. The molecule has 8 heteroatoms. The molecule has 7 nitrogen and oxygen atoms in total. The number of rotatable bonds is 6. The standard InChI is InChI=1S/C20H29BN2O5/c1-19(2)20(3,4)28-21(27-19)16-5-6-18(15(11-16)12-22)26-14-17(24)13-23-7-9-25-10-8-23/h5-6,11,17,24H,7-10,13-14H2,1-4H3. The van der Waals surface area contributed by atoms with E-state index in [2.05, 4.69) is 11.0 Å². The summed E-state index contributed by atoms with van der Waals surface area (Å²) in [6.45, 7) is 11.6. The van der Waals surface area contributed by atoms with Crippen molar-refractivity contribution in [2.75, 3.05) is 39.5 Å². The third-order valence-electron chi connectivity index (χ3n) is 5.65. The van der Waals surface area contributed by atoms with Gasteiger partial charge in [-0.05, 0) is 45.3 Å². The molecule has 0 aliphatic carbocycles. The molecule has 1 aromatic carbocycles. The molecule has 2 aliphatic heterocycles. The van der Waals surface area contributed by atoms with Gasteiger partial charge in [0.2, 0.25) is 0 Å². The smallest absolute Gasteiger partial charge is 0.489 e. The lowest BCUT2D eigenvalue weighted by Gasteiger charge is -2.32. The van der Waals surface area contributed by atoms with Crippen molar-refractivity contribution < 1.29 is 23.9 Å². The van der Waals surface area contributed by atoms with E-state index in [1.165, 1.54) is 0 Å². The largest absolute Gasteiger partial charge is 0.494 e. The summed E-state index contributed by atoms with van der Waals surface area (Å²) < 4.78 is 23.1. The van der Waals surface area contributed by atoms with Crippen molar-refractivity contribution in [2.24, 2.45) is 0 Å². The van der Waals surface area contributed by atoms with Crippen LogP contribution in [0.3, 0.4) is 0 Å². The van der Waals surface area contributed by atoms with E-state index in [1.54, 1.807) is 12.1 Å². The summed E-state index contributed by atoms with van der Waals surface area (Å²) in [5.41, 5.74) is 0.286. The molecule has 0 radical (unpaired) electrons. The molecule has 0 aromatic heterocycles. The Hall–Kier alpha value is -1.63. The van der Waals surface area contributed by atoms with Gasteiger partial charge in [-0.2, -0.15) is 5.26 Å². The fraction of sp³-hybridized carbons (Fsp3) is 0.650. The van der Waals surface area contributed by atoms with Gasteiger partial charge in [0.15, 0.2) is 0 Å². The minimum atomic E-state index is -0.632. The molecule has 2 fully saturated rings. The van der Waals surface area contributed by atoms with Crippen LogP contribution in [0.2, 0.25) is 0 Å². The summed E-state index contributed by atoms with van der Waals surface area (Å²) in [4.78, 5) is 2.14. The lowest BCUT2D eigenvalue weighted by atomic mass is 9.78. The molecular weight excluding hydrogens is 359 g/mol. The van der Waals surface area contributed by atoms with Crippen molar-refractivity contribution in [3.63, 3.8) is 0 Å². The number of aliphatic hydroxyl groups excluding tert-OH is 1. The predicted molar refractivity (Wildman–Crippen MR) is 106 cm³/mol. The maximum atomic E-state index is 10.2. The van der Waals surface area contributed by atoms with E-state index >= 15 is 0 Å². The Bertz CT molecular complexity index is 712. The van der Waals surface area contributed by atoms with Gasteiger partial charge in [0.25, 0.3) is 0 Å². The number of hydrogen-bond acceptors (Lipinski definition) is 7. The maximum absolute atomic E-state index is 10.2. The Morgan fingerprint density at radius 1 is 1.21 bits per heavy atom. The van der Waals surface area contributed by atoms with E-state index in [-0.39, 0.29) is 6.61 Å². The van der Waals surface area contributed by atoms with Crippen LogP contribution in [-0.4, -0.2) is 73.9 Å². The summed E-state index contributed by atoms with van der Waals surface area (Å²) in [6.07, 6.45) is -0.632. The molecule has 0 amide bonds. The van der Waals surface area contributed by atoms with Crippen LogP contribution in [0, 0.1) is 11.3 Å². The molecule has 152 valence electrons. The average molecular weight is 388 g/mol. The number of nitriles is 1. The summed E-state index contributed by atoms with van der Waals surface area (Å²) in [5, 5.41) is 19.8. The van der Waals surface area contributed by atoms with E-state index in [9.17, 15) is 10.4 Å². The third kappa shape index (κ3) is 4.67. The van der Waals surface area contributed by atoms with Crippen molar-refractivity contribution in [3.8, 4) is 11.8 Å². The minimum Gasteiger partial charge on any atom is -0.489 e. The van der Waals surface area contributed by atoms with Crippen molar-refractivity contribution in [3.05, 3.63) is 23.8 Å². The molecule has 0 bridgehead atoms. The molecule has 28 heavy (non-hydrogen) atoms. The van der Waals surface area contributed by atoms with Gasteiger partial charge in [-0.25, -0.2) is 0 Å². The van der Waals surface area contributed by atoms with Crippen molar-refractivity contribution in [2.45, 2.75) is 45.0 Å². The van der Waals surface area contributed by atoms with Crippen LogP contribution in [0.15, 0.2) is 18.2 Å². The molecule has 2 saturated heterocycles. The summed E-state index contributed by atoms with van der Waals surface area (Å²) in [7, 11) is -0.530. The highest BCUT2D eigenvalue weighted by molar-refractivity contribution is 6.62. The minimum absolute atomic E-state index is 0.127. The average Bonchev–Trinajstić information content (AvgIpc) is 2.88. The van der Waals surface area contributed by atoms with Crippen LogP contribution in [0.1, 0.15) is 33.3 Å². The number of β-amino-alcohol motifs (C(OH)–C–C–N with tert-alkyl or cyclic N) is 1. The van der Waals surface area contributed by atoms with E-state index < -0.39 is 24.4 Å². The zero-order chi connectivity index (χ0) is 20.4. The first-order chi connectivity index (χ1) is 13.2. The Morgan fingerprint density at radius 3 is 2.46 bits per heavy atom. The molecule has 2 heterocycles. The molecular formula is C20H29BN2O5. The first-order valence-electron chi connectivity index (χ1n) is 9.72. The predicted octanol–water partition coefficient (Wildman–Crippen LogP) is 0.929. The van der Waals surface area contributed by atoms with Gasteiger partial charge in [0.1, 0.15) is 24.5 Å². The second-order valence-electron chi connectivity index (χ2n) is 8.33. The van der Waals surface area contributed by atoms with Crippen molar-refractivity contribution in [1.29, 1.82) is 5.26 Å². The highest BCUT2D eigenvalue weighted by Gasteiger charge is 2.51. The Kier molecular flexibility index (Phi) is 6.32. The van der Waals surface area contributed by atoms with Gasteiger partial charge in [-0.15, -0.1) is 0 Å². The van der Waals surface area contributed by atoms with Crippen LogP contribution < -0.4 is 10.2 Å². The highest BCUT2D eigenvalue weighted by Crippen LogP contribution is 2.36. The zero-order valence-electron chi connectivity index (χ0n) is 17.1. The summed E-state index contributed by atoms with van der Waals surface area (Å²) in [6, 6.07) is 7.47. The molecule has 1 unspecified atom stereocenters. The molecule has 0 saturated carbocycles. The molecule has 1 N–H and O–H groups in total. The second kappa shape index (κ2) is 8.40. The van der Waals surface area contributed by atoms with Gasteiger partial charge in [-0.3, -0.25) is 4.90 Å². The highest BCUT2D eigenvalue weighted by atomic mass is 16.7. The Morgan fingerprint density at radius 2 is 1.86 bits per heavy atom. The Balaban J connectivity index is 1.61. The molecule has 3 rings (SSSR count). The number of hydrogen-bond donors (Lipinski definition) is 1. The lowest BCUT2D eigenvalue weighted by Crippen LogP contribution is -2.42. The quantitative estimate of drug-likeness (QED) is 0.726. The first kappa shape index (κ1) is 21.1. The van der Waals surface area contributed by atoms with E-state index in [0.717, 1.165) is 18.6 Å². The maximum Gasteiger partial charge on any atom is 0.494 e.